The molecule has 0 bridgehead atoms. The van der Waals surface area contributed by atoms with Crippen LogP contribution in [0.25, 0.3) is 10.2 Å². The first-order valence-electron chi connectivity index (χ1n) is 9.64. The third-order valence-corrected chi connectivity index (χ3v) is 6.98. The Morgan fingerprint density at radius 3 is 2.53 bits per heavy atom. The van der Waals surface area contributed by atoms with Gasteiger partial charge in [0.2, 0.25) is 5.91 Å². The number of halogens is 1. The van der Waals surface area contributed by atoms with Crippen LogP contribution in [0.5, 0.6) is 5.75 Å². The summed E-state index contributed by atoms with van der Waals surface area (Å²) in [5.74, 6) is 0.685. The first kappa shape index (κ1) is 22.9. The fourth-order valence-corrected chi connectivity index (χ4v) is 4.81. The molecule has 2 aromatic carbocycles. The molecule has 0 fully saturated rings. The summed E-state index contributed by atoms with van der Waals surface area (Å²) < 4.78 is 6.27. The van der Waals surface area contributed by atoms with E-state index in [-0.39, 0.29) is 5.91 Å². The number of benzene rings is 2. The van der Waals surface area contributed by atoms with Gasteiger partial charge in [-0.15, -0.1) is 11.8 Å². The van der Waals surface area contributed by atoms with Crippen molar-refractivity contribution in [2.75, 3.05) is 45.5 Å². The van der Waals surface area contributed by atoms with Gasteiger partial charge in [0.1, 0.15) is 11.3 Å². The van der Waals surface area contributed by atoms with Gasteiger partial charge in [0, 0.05) is 11.4 Å². The fraction of sp³-hybridized carbons (Fsp3) is 0.364. The van der Waals surface area contributed by atoms with Crippen molar-refractivity contribution in [3.63, 3.8) is 0 Å². The number of amides is 1. The zero-order valence-corrected chi connectivity index (χ0v) is 20.0. The average Bonchev–Trinajstić information content (AvgIpc) is 3.17. The lowest BCUT2D eigenvalue weighted by Crippen LogP contribution is -2.34. The molecule has 0 aliphatic carbocycles. The molecule has 0 spiro atoms. The van der Waals surface area contributed by atoms with Gasteiger partial charge >= 0.3 is 0 Å². The molecule has 1 aromatic heterocycles. The summed E-state index contributed by atoms with van der Waals surface area (Å²) in [5, 5.41) is 1.27. The third-order valence-electron chi connectivity index (χ3n) is 4.70. The molecule has 0 aliphatic rings. The van der Waals surface area contributed by atoms with Crippen molar-refractivity contribution in [3.8, 4) is 5.75 Å². The van der Waals surface area contributed by atoms with Crippen LogP contribution in [-0.4, -0.2) is 56.3 Å². The lowest BCUT2D eigenvalue weighted by Gasteiger charge is -2.21. The largest absolute Gasteiger partial charge is 0.494 e. The van der Waals surface area contributed by atoms with Gasteiger partial charge in [-0.25, -0.2) is 4.98 Å². The second-order valence-corrected chi connectivity index (χ2v) is 9.42. The molecule has 0 radical (unpaired) electrons. The number of thioether (sulfide) groups is 1. The molecule has 5 nitrogen and oxygen atoms in total. The Kier molecular flexibility index (Phi) is 7.99. The second kappa shape index (κ2) is 10.5. The van der Waals surface area contributed by atoms with E-state index in [1.807, 2.05) is 44.6 Å². The summed E-state index contributed by atoms with van der Waals surface area (Å²) in [6, 6.07) is 11.7. The summed E-state index contributed by atoms with van der Waals surface area (Å²) in [4.78, 5) is 23.1. The molecular formula is C22H26ClN3O2S2. The molecule has 0 unspecified atom stereocenters. The smallest absolute Gasteiger partial charge is 0.233 e. The van der Waals surface area contributed by atoms with Crippen molar-refractivity contribution in [3.05, 3.63) is 47.0 Å². The standard InChI is InChI=1S/C22H26ClN3O2S2/c1-25(2)12-5-13-26(19(27)14-15-6-8-16(29-4)9-7-15)22-24-20-18(28-3)11-10-17(23)21(20)30-22/h6-11H,5,12-14H2,1-4H3. The Hall–Kier alpha value is -1.80. The van der Waals surface area contributed by atoms with Gasteiger partial charge in [0.05, 0.1) is 23.3 Å². The first-order chi connectivity index (χ1) is 14.4. The number of nitrogens with zero attached hydrogens (tertiary/aromatic N) is 3. The summed E-state index contributed by atoms with van der Waals surface area (Å²) in [6.07, 6.45) is 3.22. The van der Waals surface area contributed by atoms with Crippen LogP contribution in [0.15, 0.2) is 41.3 Å². The quantitative estimate of drug-likeness (QED) is 0.408. The van der Waals surface area contributed by atoms with Crippen LogP contribution in [-0.2, 0) is 11.2 Å². The number of ether oxygens (including phenoxy) is 1. The minimum Gasteiger partial charge on any atom is -0.494 e. The number of carbonyl (C=O) groups is 1. The zero-order valence-electron chi connectivity index (χ0n) is 17.6. The molecule has 160 valence electrons. The Morgan fingerprint density at radius 1 is 1.17 bits per heavy atom. The van der Waals surface area contributed by atoms with Crippen LogP contribution in [0.2, 0.25) is 5.02 Å². The number of fused-ring (bicyclic) bond motifs is 1. The van der Waals surface area contributed by atoms with Crippen LogP contribution in [0.3, 0.4) is 0 Å². The van der Waals surface area contributed by atoms with Crippen molar-refractivity contribution in [1.82, 2.24) is 9.88 Å². The van der Waals surface area contributed by atoms with E-state index in [4.69, 9.17) is 21.3 Å². The molecule has 0 saturated heterocycles. The number of thiazole rings is 1. The van der Waals surface area contributed by atoms with E-state index in [0.29, 0.717) is 34.4 Å². The molecule has 1 amide bonds. The number of methoxy groups -OCH3 is 1. The van der Waals surface area contributed by atoms with E-state index < -0.39 is 0 Å². The molecular weight excluding hydrogens is 438 g/mol. The molecule has 0 saturated carbocycles. The Balaban J connectivity index is 1.90. The van der Waals surface area contributed by atoms with E-state index >= 15 is 0 Å². The van der Waals surface area contributed by atoms with Crippen LogP contribution in [0.4, 0.5) is 5.13 Å². The van der Waals surface area contributed by atoms with E-state index in [1.54, 1.807) is 35.9 Å². The highest BCUT2D eigenvalue weighted by Crippen LogP contribution is 2.39. The van der Waals surface area contributed by atoms with E-state index in [1.165, 1.54) is 16.2 Å². The molecule has 1 heterocycles. The highest BCUT2D eigenvalue weighted by molar-refractivity contribution is 7.98. The average molecular weight is 464 g/mol. The van der Waals surface area contributed by atoms with Crippen molar-refractivity contribution < 1.29 is 9.53 Å². The zero-order chi connectivity index (χ0) is 21.7. The van der Waals surface area contributed by atoms with E-state index in [9.17, 15) is 4.79 Å². The highest BCUT2D eigenvalue weighted by Gasteiger charge is 2.22. The van der Waals surface area contributed by atoms with Crippen molar-refractivity contribution >= 4 is 56.0 Å². The third kappa shape index (κ3) is 5.46. The van der Waals surface area contributed by atoms with E-state index in [2.05, 4.69) is 4.90 Å². The van der Waals surface area contributed by atoms with Gasteiger partial charge in [-0.3, -0.25) is 9.69 Å². The van der Waals surface area contributed by atoms with Gasteiger partial charge in [0.25, 0.3) is 0 Å². The van der Waals surface area contributed by atoms with Crippen molar-refractivity contribution in [2.45, 2.75) is 17.7 Å². The minimum atomic E-state index is 0.0276. The van der Waals surface area contributed by atoms with Crippen LogP contribution >= 0.6 is 34.7 Å². The lowest BCUT2D eigenvalue weighted by molar-refractivity contribution is -0.118. The van der Waals surface area contributed by atoms with Crippen molar-refractivity contribution in [2.24, 2.45) is 0 Å². The maximum Gasteiger partial charge on any atom is 0.233 e. The molecule has 3 aromatic rings. The minimum absolute atomic E-state index is 0.0276. The highest BCUT2D eigenvalue weighted by atomic mass is 35.5. The maximum absolute atomic E-state index is 13.3. The Bertz CT molecular complexity index is 1010. The first-order valence-corrected chi connectivity index (χ1v) is 12.1. The number of anilines is 1. The molecule has 0 atom stereocenters. The maximum atomic E-state index is 13.3. The summed E-state index contributed by atoms with van der Waals surface area (Å²) in [5.41, 5.74) is 1.69. The lowest BCUT2D eigenvalue weighted by atomic mass is 10.1. The topological polar surface area (TPSA) is 45.7 Å². The molecule has 0 aliphatic heterocycles. The summed E-state index contributed by atoms with van der Waals surface area (Å²) in [7, 11) is 5.67. The predicted octanol–water partition coefficient (Wildman–Crippen LogP) is 5.21. The SMILES string of the molecule is COc1ccc(Cl)c2sc(N(CCCN(C)C)C(=O)Cc3ccc(SC)cc3)nc12. The van der Waals surface area contributed by atoms with Gasteiger partial charge in [0.15, 0.2) is 5.13 Å². The second-order valence-electron chi connectivity index (χ2n) is 7.15. The van der Waals surface area contributed by atoms with Gasteiger partial charge in [-0.1, -0.05) is 35.1 Å². The number of aromatic nitrogens is 1. The number of hydrogen-bond donors (Lipinski definition) is 0. The van der Waals surface area contributed by atoms with Crippen molar-refractivity contribution in [1.29, 1.82) is 0 Å². The molecule has 8 heteroatoms. The molecule has 3 rings (SSSR count). The normalized spacial score (nSPS) is 11.3. The van der Waals surface area contributed by atoms with Gasteiger partial charge in [-0.05, 0) is 63.1 Å². The Labute approximate surface area is 191 Å². The fourth-order valence-electron chi connectivity index (χ4n) is 3.11. The number of hydrogen-bond acceptors (Lipinski definition) is 6. The summed E-state index contributed by atoms with van der Waals surface area (Å²) in [6.45, 7) is 1.49. The predicted molar refractivity (Wildman–Crippen MR) is 129 cm³/mol. The number of rotatable bonds is 9. The van der Waals surface area contributed by atoms with Crippen LogP contribution in [0.1, 0.15) is 12.0 Å². The summed E-state index contributed by atoms with van der Waals surface area (Å²) >= 11 is 9.51. The van der Waals surface area contributed by atoms with Crippen LogP contribution < -0.4 is 9.64 Å². The Morgan fingerprint density at radius 2 is 1.90 bits per heavy atom. The number of carbonyl (C=O) groups excluding carboxylic acids is 1. The van der Waals surface area contributed by atoms with Gasteiger partial charge < -0.3 is 9.64 Å². The van der Waals surface area contributed by atoms with Crippen LogP contribution in [0, 0.1) is 0 Å². The molecule has 30 heavy (non-hydrogen) atoms. The van der Waals surface area contributed by atoms with E-state index in [0.717, 1.165) is 23.2 Å². The monoisotopic (exact) mass is 463 g/mol. The molecule has 0 N–H and O–H groups in total. The van der Waals surface area contributed by atoms with Gasteiger partial charge in [-0.2, -0.15) is 0 Å².